The van der Waals surface area contributed by atoms with Gasteiger partial charge in [-0.1, -0.05) is 131 Å². The highest BCUT2D eigenvalue weighted by atomic mass is 16.5. The maximum Gasteiger partial charge on any atom is 0.371 e. The normalized spacial score (nSPS) is 12.3. The van der Waals surface area contributed by atoms with E-state index in [0.717, 1.165) is 117 Å². The Labute approximate surface area is 359 Å². The molecule has 0 spiro atoms. The molecule has 0 aliphatic carbocycles. The van der Waals surface area contributed by atoms with E-state index in [2.05, 4.69) is 165 Å². The highest BCUT2D eigenvalue weighted by Crippen LogP contribution is 2.40. The summed E-state index contributed by atoms with van der Waals surface area (Å²) in [6.45, 7) is 8.39. The Balaban J connectivity index is 1.49. The number of aromatic nitrogens is 4. The number of nitrogens with one attached hydrogen (secondary N) is 2. The number of carboxylic acid groups (broad SMARTS) is 1. The minimum absolute atomic E-state index is 0.105. The Hall–Kier alpha value is -8.10. The summed E-state index contributed by atoms with van der Waals surface area (Å²) in [4.78, 5) is 41.6. The molecule has 302 valence electrons. The number of carbonyl (C=O) groups is 2. The second-order valence-corrected chi connectivity index (χ2v) is 15.6. The number of fused-ring (bicyclic) bond motifs is 8. The Morgan fingerprint density at radius 1 is 0.532 bits per heavy atom. The first kappa shape index (κ1) is 39.4. The number of aliphatic carboxylic acids is 1. The molecule has 0 fully saturated rings. The van der Waals surface area contributed by atoms with Crippen molar-refractivity contribution in [2.75, 3.05) is 0 Å². The Bertz CT molecular complexity index is 3200. The van der Waals surface area contributed by atoms with E-state index >= 15 is 0 Å². The number of aromatic amines is 2. The van der Waals surface area contributed by atoms with E-state index in [-0.39, 0.29) is 6.47 Å². The summed E-state index contributed by atoms with van der Waals surface area (Å²) in [7, 11) is 0. The van der Waals surface area contributed by atoms with Crippen molar-refractivity contribution < 1.29 is 19.4 Å². The summed E-state index contributed by atoms with van der Waals surface area (Å²) in [6, 6.07) is 40.0. The van der Waals surface area contributed by atoms with Gasteiger partial charge in [-0.25, -0.2) is 14.8 Å². The van der Waals surface area contributed by atoms with Crippen LogP contribution in [0, 0.1) is 27.7 Å². The van der Waals surface area contributed by atoms with Gasteiger partial charge in [0.05, 0.1) is 28.3 Å². The highest BCUT2D eigenvalue weighted by Gasteiger charge is 2.20. The van der Waals surface area contributed by atoms with Crippen LogP contribution in [0.1, 0.15) is 50.6 Å². The molecule has 8 bridgehead atoms. The maximum absolute atomic E-state index is 11.9. The van der Waals surface area contributed by atoms with Crippen molar-refractivity contribution in [1.82, 2.24) is 19.9 Å². The van der Waals surface area contributed by atoms with Crippen LogP contribution in [0.25, 0.3) is 97.0 Å². The molecule has 8 nitrogen and oxygen atoms in total. The molecule has 2 aliphatic heterocycles. The van der Waals surface area contributed by atoms with E-state index in [1.54, 1.807) is 6.08 Å². The number of H-pyrrole nitrogens is 2. The molecular formula is C54H42N4O4. The third-order valence-electron chi connectivity index (χ3n) is 11.2. The number of hydrogen-bond donors (Lipinski definition) is 3. The van der Waals surface area contributed by atoms with Crippen molar-refractivity contribution in [1.29, 1.82) is 0 Å². The van der Waals surface area contributed by atoms with Gasteiger partial charge < -0.3 is 19.8 Å². The molecule has 5 heterocycles. The van der Waals surface area contributed by atoms with Crippen LogP contribution in [0.15, 0.2) is 133 Å². The van der Waals surface area contributed by atoms with Crippen molar-refractivity contribution in [3.63, 3.8) is 0 Å². The van der Waals surface area contributed by atoms with Gasteiger partial charge in [-0.15, -0.1) is 0 Å². The number of aryl methyl sites for hydroxylation is 4. The first-order chi connectivity index (χ1) is 30.1. The minimum atomic E-state index is -1.36. The molecule has 0 radical (unpaired) electrons. The molecule has 2 aliphatic rings. The number of ether oxygens (including phenoxy) is 1. The van der Waals surface area contributed by atoms with Crippen LogP contribution in [0.5, 0.6) is 0 Å². The Morgan fingerprint density at radius 2 is 0.919 bits per heavy atom. The maximum atomic E-state index is 11.9. The monoisotopic (exact) mass is 810 g/mol. The third kappa shape index (κ3) is 7.73. The van der Waals surface area contributed by atoms with E-state index < -0.39 is 11.7 Å². The van der Waals surface area contributed by atoms with Crippen LogP contribution >= 0.6 is 0 Å². The number of hydrogen-bond acceptors (Lipinski definition) is 5. The second kappa shape index (κ2) is 16.5. The number of nitrogens with zero attached hydrogens (tertiary/aromatic N) is 2. The topological polar surface area (TPSA) is 121 Å². The average molecular weight is 811 g/mol. The molecule has 4 aromatic carbocycles. The van der Waals surface area contributed by atoms with E-state index in [9.17, 15) is 14.7 Å². The molecule has 8 heteroatoms. The lowest BCUT2D eigenvalue weighted by Gasteiger charge is -2.08. The Kier molecular flexibility index (Phi) is 10.5. The highest BCUT2D eigenvalue weighted by molar-refractivity contribution is 6.02. The number of carbonyl (C=O) groups excluding carboxylic acids is 1. The predicted octanol–water partition coefficient (Wildman–Crippen LogP) is 12.7. The molecule has 0 unspecified atom stereocenters. The summed E-state index contributed by atoms with van der Waals surface area (Å²) in [6.07, 6.45) is 12.9. The van der Waals surface area contributed by atoms with Gasteiger partial charge >= 0.3 is 5.97 Å². The lowest BCUT2D eigenvalue weighted by atomic mass is 10.0. The SMILES string of the molecule is Cc1ccc(-c2c3nc(c(-c4ccc(C)cc4)c4cc(/C=C/C=C(\OC=O)C(=O)O)c([nH]4)c(-c4ccc(C)cc4)c4nc(c(-c5ccc(C)cc5)c5ccc2[nH]5)C=C4)C=C3)cc1. The van der Waals surface area contributed by atoms with Gasteiger partial charge in [-0.2, -0.15) is 0 Å². The summed E-state index contributed by atoms with van der Waals surface area (Å²) in [5, 5.41) is 9.71. The largest absolute Gasteiger partial charge is 0.475 e. The molecule has 0 saturated carbocycles. The fourth-order valence-electron chi connectivity index (χ4n) is 7.99. The first-order valence-electron chi connectivity index (χ1n) is 20.3. The van der Waals surface area contributed by atoms with Crippen LogP contribution < -0.4 is 0 Å². The lowest BCUT2D eigenvalue weighted by molar-refractivity contribution is -0.141. The van der Waals surface area contributed by atoms with E-state index in [1.807, 2.05) is 18.2 Å². The van der Waals surface area contributed by atoms with Gasteiger partial charge in [0.25, 0.3) is 6.47 Å². The van der Waals surface area contributed by atoms with Gasteiger partial charge in [-0.05, 0) is 98.5 Å². The molecule has 0 saturated heterocycles. The fraction of sp³-hybridized carbons (Fsp3) is 0.0741. The number of allylic oxidation sites excluding steroid dienone is 2. The number of rotatable bonds is 9. The average Bonchev–Trinajstić information content (AvgIpc) is 4.11. The summed E-state index contributed by atoms with van der Waals surface area (Å²) in [5.74, 6) is -1.86. The van der Waals surface area contributed by atoms with Gasteiger partial charge in [0.15, 0.2) is 0 Å². The van der Waals surface area contributed by atoms with Crippen LogP contribution in [0.4, 0.5) is 0 Å². The van der Waals surface area contributed by atoms with E-state index in [4.69, 9.17) is 14.7 Å². The molecular weight excluding hydrogens is 769 g/mol. The summed E-state index contributed by atoms with van der Waals surface area (Å²) >= 11 is 0. The molecule has 7 aromatic rings. The molecule has 3 aromatic heterocycles. The molecule has 3 N–H and O–H groups in total. The predicted molar refractivity (Wildman–Crippen MR) is 251 cm³/mol. The van der Waals surface area contributed by atoms with Crippen molar-refractivity contribution in [3.8, 4) is 44.5 Å². The number of carboxylic acids is 1. The van der Waals surface area contributed by atoms with Crippen molar-refractivity contribution in [2.45, 2.75) is 27.7 Å². The molecule has 0 amide bonds. The molecule has 62 heavy (non-hydrogen) atoms. The molecule has 9 rings (SSSR count). The minimum Gasteiger partial charge on any atom is -0.475 e. The van der Waals surface area contributed by atoms with Crippen LogP contribution in [0.3, 0.4) is 0 Å². The first-order valence-corrected chi connectivity index (χ1v) is 20.3. The van der Waals surface area contributed by atoms with Crippen molar-refractivity contribution >= 4 is 64.9 Å². The second-order valence-electron chi connectivity index (χ2n) is 15.6. The van der Waals surface area contributed by atoms with Gasteiger partial charge in [-0.3, -0.25) is 4.79 Å². The summed E-state index contributed by atoms with van der Waals surface area (Å²) < 4.78 is 4.78. The van der Waals surface area contributed by atoms with Crippen molar-refractivity contribution in [3.05, 3.63) is 184 Å². The fourth-order valence-corrected chi connectivity index (χ4v) is 7.99. The van der Waals surface area contributed by atoms with Gasteiger partial charge in [0.1, 0.15) is 0 Å². The zero-order valence-corrected chi connectivity index (χ0v) is 34.7. The third-order valence-corrected chi connectivity index (χ3v) is 11.2. The zero-order chi connectivity index (χ0) is 42.9. The lowest BCUT2D eigenvalue weighted by Crippen LogP contribution is -2.03. The zero-order valence-electron chi connectivity index (χ0n) is 34.7. The quantitative estimate of drug-likeness (QED) is 0.0578. The summed E-state index contributed by atoms with van der Waals surface area (Å²) in [5.41, 5.74) is 19.3. The van der Waals surface area contributed by atoms with Gasteiger partial charge in [0.2, 0.25) is 5.76 Å². The van der Waals surface area contributed by atoms with Crippen LogP contribution in [-0.2, 0) is 14.3 Å². The van der Waals surface area contributed by atoms with Crippen LogP contribution in [-0.4, -0.2) is 37.5 Å². The van der Waals surface area contributed by atoms with Gasteiger partial charge in [0, 0.05) is 44.4 Å². The van der Waals surface area contributed by atoms with Crippen LogP contribution in [0.2, 0.25) is 0 Å². The van der Waals surface area contributed by atoms with E-state index in [1.165, 1.54) is 6.08 Å². The Morgan fingerprint density at radius 3 is 1.32 bits per heavy atom. The standard InChI is InChI=1S/C54H42N4O4/c1-32-8-16-36(17-9-32)49-41-24-25-42(55-41)50(37-18-10-33(2)11-19-37)44-28-29-46(57-44)52(39-22-14-35(4)15-23-39)53-40(6-5-7-48(54(60)61)62-31-59)30-47(58-53)51(45-27-26-43(49)56-45)38-20-12-34(3)13-21-38/h5-31,55,58H,1-4H3,(H,60,61)/b6-5+,48-7-,49-41?,49-43?,50-42?,50-44?,51-45?,51-47?,52-46?,53-52?. The van der Waals surface area contributed by atoms with E-state index in [0.29, 0.717) is 0 Å². The number of benzene rings is 4. The van der Waals surface area contributed by atoms with Crippen molar-refractivity contribution in [2.24, 2.45) is 0 Å². The smallest absolute Gasteiger partial charge is 0.371 e. The molecule has 0 atom stereocenters.